The van der Waals surface area contributed by atoms with Crippen LogP contribution in [0.3, 0.4) is 0 Å². The number of rotatable bonds is 6. The molecule has 0 fully saturated rings. The molecule has 0 bridgehead atoms. The molecule has 0 unspecified atom stereocenters. The number of para-hydroxylation sites is 1. The second kappa shape index (κ2) is 7.45. The van der Waals surface area contributed by atoms with Gasteiger partial charge in [0.25, 0.3) is 0 Å². The van der Waals surface area contributed by atoms with Crippen molar-refractivity contribution in [2.75, 3.05) is 5.43 Å². The number of unbranched alkanes of at least 4 members (excludes halogenated alkanes) is 1. The number of aryl methyl sites for hydroxylation is 2. The van der Waals surface area contributed by atoms with E-state index >= 15 is 0 Å². The number of fused-ring (bicyclic) bond motifs is 1. The Hall–Kier alpha value is -2.40. The maximum absolute atomic E-state index is 6.39. The molecular weight excluding hydrogens is 322 g/mol. The molecular formula is C18H20ClN5. The summed E-state index contributed by atoms with van der Waals surface area (Å²) in [5, 5.41) is 10.4. The van der Waals surface area contributed by atoms with Crippen LogP contribution in [0.2, 0.25) is 5.15 Å². The van der Waals surface area contributed by atoms with Crippen LogP contribution in [0.1, 0.15) is 31.0 Å². The van der Waals surface area contributed by atoms with E-state index in [1.54, 1.807) is 6.21 Å². The summed E-state index contributed by atoms with van der Waals surface area (Å²) in [6.45, 7) is 4.90. The van der Waals surface area contributed by atoms with Gasteiger partial charge in [-0.2, -0.15) is 10.2 Å². The number of halogens is 1. The number of anilines is 1. The normalized spacial score (nSPS) is 11.5. The van der Waals surface area contributed by atoms with Gasteiger partial charge in [0.1, 0.15) is 11.0 Å². The van der Waals surface area contributed by atoms with Gasteiger partial charge in [-0.3, -0.25) is 10.1 Å². The Kier molecular flexibility index (Phi) is 5.11. The fourth-order valence-corrected chi connectivity index (χ4v) is 2.77. The van der Waals surface area contributed by atoms with Crippen molar-refractivity contribution in [2.45, 2.75) is 33.2 Å². The Morgan fingerprint density at radius 3 is 2.92 bits per heavy atom. The average Bonchev–Trinajstić information content (AvgIpc) is 2.87. The van der Waals surface area contributed by atoms with Crippen molar-refractivity contribution in [1.82, 2.24) is 14.8 Å². The molecule has 2 aromatic heterocycles. The second-order valence-corrected chi connectivity index (χ2v) is 5.98. The third kappa shape index (κ3) is 3.57. The Labute approximate surface area is 146 Å². The summed E-state index contributed by atoms with van der Waals surface area (Å²) in [7, 11) is 0. The van der Waals surface area contributed by atoms with Crippen LogP contribution in [-0.4, -0.2) is 21.0 Å². The van der Waals surface area contributed by atoms with Crippen LogP contribution in [0.25, 0.3) is 10.9 Å². The minimum absolute atomic E-state index is 0.623. The van der Waals surface area contributed by atoms with Crippen LogP contribution in [0.15, 0.2) is 41.5 Å². The van der Waals surface area contributed by atoms with E-state index in [0.717, 1.165) is 41.5 Å². The van der Waals surface area contributed by atoms with E-state index in [2.05, 4.69) is 27.5 Å². The highest BCUT2D eigenvalue weighted by atomic mass is 35.5. The Bertz CT molecular complexity index is 869. The van der Waals surface area contributed by atoms with Gasteiger partial charge in [0, 0.05) is 11.9 Å². The molecule has 24 heavy (non-hydrogen) atoms. The van der Waals surface area contributed by atoms with Crippen LogP contribution in [0, 0.1) is 6.92 Å². The number of hydrazone groups is 1. The number of nitrogens with zero attached hydrogens (tertiary/aromatic N) is 4. The smallest absolute Gasteiger partial charge is 0.146 e. The Morgan fingerprint density at radius 2 is 2.08 bits per heavy atom. The fourth-order valence-electron chi connectivity index (χ4n) is 2.46. The van der Waals surface area contributed by atoms with Gasteiger partial charge in [-0.15, -0.1) is 0 Å². The van der Waals surface area contributed by atoms with E-state index in [9.17, 15) is 0 Å². The fraction of sp³-hybridized carbons (Fsp3) is 0.278. The molecule has 1 N–H and O–H groups in total. The maximum Gasteiger partial charge on any atom is 0.146 e. The first-order valence-corrected chi connectivity index (χ1v) is 8.44. The van der Waals surface area contributed by atoms with Crippen LogP contribution >= 0.6 is 11.6 Å². The van der Waals surface area contributed by atoms with Crippen molar-refractivity contribution < 1.29 is 0 Å². The first kappa shape index (κ1) is 16.5. The lowest BCUT2D eigenvalue weighted by Gasteiger charge is -2.02. The molecule has 0 spiro atoms. The monoisotopic (exact) mass is 341 g/mol. The maximum atomic E-state index is 6.39. The summed E-state index contributed by atoms with van der Waals surface area (Å²) in [6.07, 6.45) is 3.86. The zero-order valence-electron chi connectivity index (χ0n) is 13.8. The van der Waals surface area contributed by atoms with E-state index in [1.165, 1.54) is 0 Å². The minimum Gasteiger partial charge on any atom is -0.261 e. The zero-order valence-corrected chi connectivity index (χ0v) is 14.6. The van der Waals surface area contributed by atoms with Crippen molar-refractivity contribution in [3.63, 3.8) is 0 Å². The molecule has 3 rings (SSSR count). The number of pyridine rings is 1. The SMILES string of the molecule is CCCCn1nc(C)c(/C=N\Nc2ccc3ccccc3n2)c1Cl. The summed E-state index contributed by atoms with van der Waals surface area (Å²) >= 11 is 6.39. The number of hydrogen-bond acceptors (Lipinski definition) is 4. The molecule has 0 saturated heterocycles. The molecule has 0 saturated carbocycles. The molecule has 0 aliphatic rings. The lowest BCUT2D eigenvalue weighted by Crippen LogP contribution is -2.00. The Morgan fingerprint density at radius 1 is 1.25 bits per heavy atom. The van der Waals surface area contributed by atoms with Crippen molar-refractivity contribution in [2.24, 2.45) is 5.10 Å². The highest BCUT2D eigenvalue weighted by molar-refractivity contribution is 6.32. The molecule has 0 radical (unpaired) electrons. The molecule has 124 valence electrons. The summed E-state index contributed by atoms with van der Waals surface area (Å²) < 4.78 is 1.83. The van der Waals surface area contributed by atoms with E-state index in [-0.39, 0.29) is 0 Å². The van der Waals surface area contributed by atoms with Crippen LogP contribution in [-0.2, 0) is 6.54 Å². The topological polar surface area (TPSA) is 55.1 Å². The van der Waals surface area contributed by atoms with E-state index in [0.29, 0.717) is 11.0 Å². The highest BCUT2D eigenvalue weighted by Crippen LogP contribution is 2.19. The lowest BCUT2D eigenvalue weighted by atomic mass is 10.2. The van der Waals surface area contributed by atoms with Crippen molar-refractivity contribution in [1.29, 1.82) is 0 Å². The molecule has 2 heterocycles. The third-order valence-electron chi connectivity index (χ3n) is 3.80. The second-order valence-electron chi connectivity index (χ2n) is 5.63. The predicted molar refractivity (Wildman–Crippen MR) is 99.8 cm³/mol. The van der Waals surface area contributed by atoms with Crippen molar-refractivity contribution in [3.8, 4) is 0 Å². The molecule has 0 aliphatic carbocycles. The Balaban J connectivity index is 1.74. The first-order chi connectivity index (χ1) is 11.7. The zero-order chi connectivity index (χ0) is 16.9. The molecule has 1 aromatic carbocycles. The minimum atomic E-state index is 0.623. The number of aromatic nitrogens is 3. The van der Waals surface area contributed by atoms with Gasteiger partial charge >= 0.3 is 0 Å². The molecule has 0 amide bonds. The van der Waals surface area contributed by atoms with Gasteiger partial charge in [0.15, 0.2) is 0 Å². The third-order valence-corrected chi connectivity index (χ3v) is 4.20. The van der Waals surface area contributed by atoms with Crippen LogP contribution in [0.5, 0.6) is 0 Å². The molecule has 3 aromatic rings. The molecule has 0 aliphatic heterocycles. The number of hydrogen-bond donors (Lipinski definition) is 1. The summed E-state index contributed by atoms with van der Waals surface area (Å²) in [6, 6.07) is 11.9. The van der Waals surface area contributed by atoms with E-state index < -0.39 is 0 Å². The molecule has 0 atom stereocenters. The van der Waals surface area contributed by atoms with Gasteiger partial charge in [-0.1, -0.05) is 43.1 Å². The van der Waals surface area contributed by atoms with E-state index in [1.807, 2.05) is 48.0 Å². The summed E-state index contributed by atoms with van der Waals surface area (Å²) in [4.78, 5) is 4.52. The predicted octanol–water partition coefficient (Wildman–Crippen LogP) is 4.64. The van der Waals surface area contributed by atoms with Gasteiger partial charge < -0.3 is 0 Å². The average molecular weight is 342 g/mol. The summed E-state index contributed by atoms with van der Waals surface area (Å²) in [5.41, 5.74) is 5.59. The molecule has 6 heteroatoms. The van der Waals surface area contributed by atoms with Crippen LogP contribution < -0.4 is 5.43 Å². The lowest BCUT2D eigenvalue weighted by molar-refractivity contribution is 0.569. The van der Waals surface area contributed by atoms with Gasteiger partial charge in [0.05, 0.1) is 23.0 Å². The van der Waals surface area contributed by atoms with Crippen molar-refractivity contribution in [3.05, 3.63) is 52.8 Å². The standard InChI is InChI=1S/C18H20ClN5/c1-3-4-11-24-18(19)15(13(2)23-24)12-20-22-17-10-9-14-7-5-6-8-16(14)21-17/h5-10,12H,3-4,11H2,1-2H3,(H,21,22)/b20-12-. The van der Waals surface area contributed by atoms with E-state index in [4.69, 9.17) is 11.6 Å². The first-order valence-electron chi connectivity index (χ1n) is 8.07. The quantitative estimate of drug-likeness (QED) is 0.525. The largest absolute Gasteiger partial charge is 0.261 e. The van der Waals surface area contributed by atoms with Gasteiger partial charge in [0.2, 0.25) is 0 Å². The highest BCUT2D eigenvalue weighted by Gasteiger charge is 2.11. The van der Waals surface area contributed by atoms with Crippen molar-refractivity contribution >= 4 is 34.5 Å². The summed E-state index contributed by atoms with van der Waals surface area (Å²) in [5.74, 6) is 0.692. The van der Waals surface area contributed by atoms with Gasteiger partial charge in [-0.25, -0.2) is 4.98 Å². The molecule has 5 nitrogen and oxygen atoms in total. The van der Waals surface area contributed by atoms with Gasteiger partial charge in [-0.05, 0) is 31.5 Å². The number of nitrogens with one attached hydrogen (secondary N) is 1. The number of benzene rings is 1. The van der Waals surface area contributed by atoms with Crippen LogP contribution in [0.4, 0.5) is 5.82 Å².